The molecule has 1 aliphatic carbocycles. The van der Waals surface area contributed by atoms with Gasteiger partial charge in [-0.05, 0) is 38.3 Å². The maximum Gasteiger partial charge on any atom is 0.247 e. The van der Waals surface area contributed by atoms with E-state index in [0.29, 0.717) is 12.8 Å². The number of rotatable bonds is 2. The van der Waals surface area contributed by atoms with Crippen LogP contribution in [0.15, 0.2) is 18.2 Å². The van der Waals surface area contributed by atoms with Gasteiger partial charge >= 0.3 is 0 Å². The molecule has 0 saturated heterocycles. The fourth-order valence-corrected chi connectivity index (χ4v) is 2.96. The van der Waals surface area contributed by atoms with Crippen molar-refractivity contribution in [2.24, 2.45) is 5.41 Å². The second-order valence-electron chi connectivity index (χ2n) is 5.56. The van der Waals surface area contributed by atoms with Gasteiger partial charge in [0.1, 0.15) is 5.41 Å². The Balaban J connectivity index is 2.31. The van der Waals surface area contributed by atoms with E-state index in [1.165, 1.54) is 5.56 Å². The van der Waals surface area contributed by atoms with Crippen molar-refractivity contribution in [2.75, 3.05) is 11.9 Å². The zero-order chi connectivity index (χ0) is 14.0. The lowest BCUT2D eigenvalue weighted by Crippen LogP contribution is -2.40. The van der Waals surface area contributed by atoms with E-state index in [2.05, 4.69) is 12.1 Å². The molecule has 1 saturated carbocycles. The zero-order valence-electron chi connectivity index (χ0n) is 11.9. The molecule has 0 aliphatic heterocycles. The van der Waals surface area contributed by atoms with E-state index in [1.54, 1.807) is 11.9 Å². The average molecular weight is 256 g/mol. The Hall–Kier alpha value is -1.82. The Morgan fingerprint density at radius 1 is 1.32 bits per heavy atom. The number of benzene rings is 1. The number of amides is 1. The van der Waals surface area contributed by atoms with Gasteiger partial charge in [0.2, 0.25) is 5.91 Å². The molecule has 3 heteroatoms. The fourth-order valence-electron chi connectivity index (χ4n) is 2.96. The number of nitriles is 1. The van der Waals surface area contributed by atoms with Crippen molar-refractivity contribution < 1.29 is 4.79 Å². The monoisotopic (exact) mass is 256 g/mol. The van der Waals surface area contributed by atoms with E-state index >= 15 is 0 Å². The van der Waals surface area contributed by atoms with Crippen molar-refractivity contribution in [2.45, 2.75) is 39.5 Å². The van der Waals surface area contributed by atoms with Crippen LogP contribution in [-0.2, 0) is 4.79 Å². The lowest BCUT2D eigenvalue weighted by molar-refractivity contribution is -0.124. The molecule has 0 atom stereocenters. The largest absolute Gasteiger partial charge is 0.314 e. The molecule has 0 radical (unpaired) electrons. The maximum atomic E-state index is 12.6. The second kappa shape index (κ2) is 5.05. The zero-order valence-corrected chi connectivity index (χ0v) is 11.9. The van der Waals surface area contributed by atoms with E-state index in [9.17, 15) is 10.1 Å². The molecule has 0 aromatic heterocycles. The van der Waals surface area contributed by atoms with Gasteiger partial charge in [-0.3, -0.25) is 4.79 Å². The molecule has 3 nitrogen and oxygen atoms in total. The van der Waals surface area contributed by atoms with Crippen molar-refractivity contribution in [3.63, 3.8) is 0 Å². The van der Waals surface area contributed by atoms with Crippen LogP contribution in [0.1, 0.15) is 36.8 Å². The Morgan fingerprint density at radius 3 is 2.47 bits per heavy atom. The van der Waals surface area contributed by atoms with E-state index in [4.69, 9.17) is 0 Å². The highest BCUT2D eigenvalue weighted by molar-refractivity contribution is 5.99. The molecule has 2 rings (SSSR count). The molecule has 0 spiro atoms. The summed E-state index contributed by atoms with van der Waals surface area (Å²) >= 11 is 0. The van der Waals surface area contributed by atoms with Gasteiger partial charge < -0.3 is 4.90 Å². The number of nitrogens with zero attached hydrogens (tertiary/aromatic N) is 2. The highest BCUT2D eigenvalue weighted by Crippen LogP contribution is 2.40. The molecule has 0 unspecified atom stereocenters. The van der Waals surface area contributed by atoms with Crippen LogP contribution in [0.5, 0.6) is 0 Å². The topological polar surface area (TPSA) is 44.1 Å². The first-order valence-corrected chi connectivity index (χ1v) is 6.77. The molecule has 0 N–H and O–H groups in total. The van der Waals surface area contributed by atoms with Gasteiger partial charge in [0, 0.05) is 12.7 Å². The van der Waals surface area contributed by atoms with Crippen LogP contribution in [0.4, 0.5) is 5.69 Å². The number of carbonyl (C=O) groups is 1. The molecule has 1 fully saturated rings. The van der Waals surface area contributed by atoms with E-state index < -0.39 is 5.41 Å². The molecule has 0 bridgehead atoms. The van der Waals surface area contributed by atoms with Gasteiger partial charge in [0.15, 0.2) is 0 Å². The van der Waals surface area contributed by atoms with Gasteiger partial charge in [-0.2, -0.15) is 5.26 Å². The third-order valence-corrected chi connectivity index (χ3v) is 4.10. The van der Waals surface area contributed by atoms with Crippen molar-refractivity contribution in [3.05, 3.63) is 29.3 Å². The maximum absolute atomic E-state index is 12.6. The minimum absolute atomic E-state index is 0.0561. The third kappa shape index (κ3) is 2.35. The van der Waals surface area contributed by atoms with Crippen LogP contribution in [0.25, 0.3) is 0 Å². The Morgan fingerprint density at radius 2 is 1.95 bits per heavy atom. The first kappa shape index (κ1) is 13.6. The lowest BCUT2D eigenvalue weighted by atomic mass is 9.86. The van der Waals surface area contributed by atoms with E-state index in [-0.39, 0.29) is 5.91 Å². The third-order valence-electron chi connectivity index (χ3n) is 4.10. The summed E-state index contributed by atoms with van der Waals surface area (Å²) in [6, 6.07) is 8.29. The summed E-state index contributed by atoms with van der Waals surface area (Å²) in [5.74, 6) is -0.0561. The SMILES string of the molecule is Cc1ccc(N(C)C(=O)C2(C#N)CCCC2)c(C)c1. The van der Waals surface area contributed by atoms with E-state index in [0.717, 1.165) is 24.1 Å². The standard InChI is InChI=1S/C16H20N2O/c1-12-6-7-14(13(2)10-12)18(3)15(19)16(11-17)8-4-5-9-16/h6-7,10H,4-5,8-9H2,1-3H3. The molecule has 1 aliphatic rings. The van der Waals surface area contributed by atoms with Crippen molar-refractivity contribution in [1.82, 2.24) is 0 Å². The highest BCUT2D eigenvalue weighted by Gasteiger charge is 2.43. The van der Waals surface area contributed by atoms with Gasteiger partial charge in [-0.1, -0.05) is 30.5 Å². The second-order valence-corrected chi connectivity index (χ2v) is 5.56. The number of hydrogen-bond donors (Lipinski definition) is 0. The lowest BCUT2D eigenvalue weighted by Gasteiger charge is -2.27. The van der Waals surface area contributed by atoms with Crippen molar-refractivity contribution >= 4 is 11.6 Å². The molecule has 1 aromatic carbocycles. The first-order chi connectivity index (χ1) is 9.00. The summed E-state index contributed by atoms with van der Waals surface area (Å²) < 4.78 is 0. The normalized spacial score (nSPS) is 16.9. The molecule has 0 heterocycles. The number of carbonyl (C=O) groups excluding carboxylic acids is 1. The molecular formula is C16H20N2O. The van der Waals surface area contributed by atoms with Crippen LogP contribution in [-0.4, -0.2) is 13.0 Å². The van der Waals surface area contributed by atoms with E-state index in [1.807, 2.05) is 26.0 Å². The van der Waals surface area contributed by atoms with Gasteiger partial charge in [-0.15, -0.1) is 0 Å². The summed E-state index contributed by atoms with van der Waals surface area (Å²) in [5, 5.41) is 9.40. The summed E-state index contributed by atoms with van der Waals surface area (Å²) in [6.45, 7) is 4.03. The predicted octanol–water partition coefficient (Wildman–Crippen LogP) is 3.35. The van der Waals surface area contributed by atoms with Gasteiger partial charge in [0.05, 0.1) is 6.07 Å². The molecule has 100 valence electrons. The predicted molar refractivity (Wildman–Crippen MR) is 75.8 cm³/mol. The quantitative estimate of drug-likeness (QED) is 0.814. The van der Waals surface area contributed by atoms with Crippen LogP contribution < -0.4 is 4.90 Å². The highest BCUT2D eigenvalue weighted by atomic mass is 16.2. The van der Waals surface area contributed by atoms with Crippen LogP contribution >= 0.6 is 0 Å². The smallest absolute Gasteiger partial charge is 0.247 e. The molecule has 1 aromatic rings. The minimum Gasteiger partial charge on any atom is -0.314 e. The van der Waals surface area contributed by atoms with Crippen molar-refractivity contribution in [1.29, 1.82) is 5.26 Å². The minimum atomic E-state index is -0.800. The van der Waals surface area contributed by atoms with Gasteiger partial charge in [0.25, 0.3) is 0 Å². The first-order valence-electron chi connectivity index (χ1n) is 6.77. The number of hydrogen-bond acceptors (Lipinski definition) is 2. The summed E-state index contributed by atoms with van der Waals surface area (Å²) in [6.07, 6.45) is 3.33. The van der Waals surface area contributed by atoms with Gasteiger partial charge in [-0.25, -0.2) is 0 Å². The van der Waals surface area contributed by atoms with Crippen LogP contribution in [0.2, 0.25) is 0 Å². The fraction of sp³-hybridized carbons (Fsp3) is 0.500. The Labute approximate surface area is 114 Å². The molecule has 1 amide bonds. The summed E-state index contributed by atoms with van der Waals surface area (Å²) in [7, 11) is 1.78. The summed E-state index contributed by atoms with van der Waals surface area (Å²) in [4.78, 5) is 14.3. The number of aryl methyl sites for hydroxylation is 2. The molecular weight excluding hydrogens is 236 g/mol. The van der Waals surface area contributed by atoms with Crippen molar-refractivity contribution in [3.8, 4) is 6.07 Å². The Kier molecular flexibility index (Phi) is 3.61. The van der Waals surface area contributed by atoms with Crippen LogP contribution in [0.3, 0.4) is 0 Å². The Bertz CT molecular complexity index is 536. The van der Waals surface area contributed by atoms with Crippen LogP contribution in [0, 0.1) is 30.6 Å². The number of anilines is 1. The summed E-state index contributed by atoms with van der Waals surface area (Å²) in [5.41, 5.74) is 2.35. The average Bonchev–Trinajstić information content (AvgIpc) is 2.87. The molecule has 19 heavy (non-hydrogen) atoms.